The van der Waals surface area contributed by atoms with Crippen molar-refractivity contribution in [2.45, 2.75) is 38.4 Å². The molecule has 1 saturated carbocycles. The second-order valence-corrected chi connectivity index (χ2v) is 8.37. The van der Waals surface area contributed by atoms with Crippen molar-refractivity contribution in [1.82, 2.24) is 0 Å². The van der Waals surface area contributed by atoms with E-state index in [1.165, 1.54) is 12.3 Å². The first-order valence-electron chi connectivity index (χ1n) is 10.9. The molecule has 0 spiro atoms. The molecule has 1 aliphatic carbocycles. The van der Waals surface area contributed by atoms with Gasteiger partial charge in [0.25, 0.3) is 0 Å². The lowest BCUT2D eigenvalue weighted by Gasteiger charge is -2.36. The summed E-state index contributed by atoms with van der Waals surface area (Å²) in [5.74, 6) is -0.471. The van der Waals surface area contributed by atoms with Gasteiger partial charge in [0.2, 0.25) is 11.5 Å². The molecule has 1 fully saturated rings. The molecule has 168 valence electrons. The zero-order chi connectivity index (χ0) is 22.9. The fourth-order valence-electron chi connectivity index (χ4n) is 4.34. The molecule has 2 aliphatic rings. The molecule has 1 aliphatic heterocycles. The molecule has 0 radical (unpaired) electrons. The predicted octanol–water partition coefficient (Wildman–Crippen LogP) is 4.32. The standard InChI is InChI=1S/C26H22O7/c1-15-5-4-7-17(11-15)31-23-14-30-22-13-18(9-10-19(22)24(23)27)32-25(28)20-12-16-6-2-3-8-21(16)33-26(20)29/h2-8,11-12,14,18-19,22H,9-10,13H2,1H3. The maximum atomic E-state index is 12.9. The van der Waals surface area contributed by atoms with E-state index in [1.54, 1.807) is 30.3 Å². The van der Waals surface area contributed by atoms with Crippen LogP contribution in [0.4, 0.5) is 0 Å². The second kappa shape index (κ2) is 8.58. The van der Waals surface area contributed by atoms with Crippen LogP contribution in [-0.4, -0.2) is 24.0 Å². The number of ketones is 1. The largest absolute Gasteiger partial charge is 0.493 e. The Balaban J connectivity index is 1.26. The van der Waals surface area contributed by atoms with Gasteiger partial charge in [-0.3, -0.25) is 4.79 Å². The molecule has 2 heterocycles. The van der Waals surface area contributed by atoms with Crippen molar-refractivity contribution < 1.29 is 28.2 Å². The molecule has 2 aromatic carbocycles. The summed E-state index contributed by atoms with van der Waals surface area (Å²) < 4.78 is 22.3. The molecule has 7 nitrogen and oxygen atoms in total. The van der Waals surface area contributed by atoms with Gasteiger partial charge >= 0.3 is 11.6 Å². The van der Waals surface area contributed by atoms with Gasteiger partial charge in [-0.2, -0.15) is 0 Å². The number of para-hydroxylation sites is 1. The summed E-state index contributed by atoms with van der Waals surface area (Å²) in [5.41, 5.74) is 0.546. The van der Waals surface area contributed by atoms with E-state index in [9.17, 15) is 14.4 Å². The highest BCUT2D eigenvalue weighted by Gasteiger charge is 2.42. The van der Waals surface area contributed by atoms with Gasteiger partial charge in [0, 0.05) is 11.8 Å². The van der Waals surface area contributed by atoms with E-state index in [0.717, 1.165) is 5.56 Å². The third-order valence-electron chi connectivity index (χ3n) is 6.03. The first kappa shape index (κ1) is 21.0. The van der Waals surface area contributed by atoms with Crippen LogP contribution in [0, 0.1) is 12.8 Å². The summed E-state index contributed by atoms with van der Waals surface area (Å²) in [7, 11) is 0. The number of rotatable bonds is 4. The van der Waals surface area contributed by atoms with Gasteiger partial charge in [-0.25, -0.2) is 9.59 Å². The van der Waals surface area contributed by atoms with Crippen molar-refractivity contribution in [3.8, 4) is 5.75 Å². The molecular formula is C26H22O7. The smallest absolute Gasteiger partial charge is 0.351 e. The van der Waals surface area contributed by atoms with Crippen LogP contribution in [0.1, 0.15) is 35.2 Å². The fourth-order valence-corrected chi connectivity index (χ4v) is 4.34. The molecule has 7 heteroatoms. The molecule has 0 saturated heterocycles. The van der Waals surface area contributed by atoms with Gasteiger partial charge in [0.05, 0.1) is 5.92 Å². The number of aryl methyl sites for hydroxylation is 1. The number of allylic oxidation sites excluding steroid dienone is 1. The molecule has 0 N–H and O–H groups in total. The van der Waals surface area contributed by atoms with Crippen molar-refractivity contribution in [2.24, 2.45) is 5.92 Å². The van der Waals surface area contributed by atoms with Gasteiger partial charge in [0.1, 0.15) is 35.4 Å². The molecule has 0 bridgehead atoms. The Bertz CT molecular complexity index is 1320. The summed E-state index contributed by atoms with van der Waals surface area (Å²) >= 11 is 0. The Morgan fingerprint density at radius 1 is 1.03 bits per heavy atom. The third-order valence-corrected chi connectivity index (χ3v) is 6.03. The van der Waals surface area contributed by atoms with Crippen LogP contribution in [0.3, 0.4) is 0 Å². The summed E-state index contributed by atoms with van der Waals surface area (Å²) in [4.78, 5) is 37.8. The van der Waals surface area contributed by atoms with E-state index in [2.05, 4.69) is 0 Å². The van der Waals surface area contributed by atoms with E-state index in [0.29, 0.717) is 36.0 Å². The van der Waals surface area contributed by atoms with Crippen LogP contribution in [0.5, 0.6) is 5.75 Å². The Morgan fingerprint density at radius 3 is 2.73 bits per heavy atom. The average molecular weight is 446 g/mol. The molecule has 33 heavy (non-hydrogen) atoms. The van der Waals surface area contributed by atoms with Crippen LogP contribution in [0.25, 0.3) is 11.0 Å². The molecule has 3 unspecified atom stereocenters. The highest BCUT2D eigenvalue weighted by Crippen LogP contribution is 2.35. The minimum Gasteiger partial charge on any atom is -0.493 e. The highest BCUT2D eigenvalue weighted by molar-refractivity contribution is 5.96. The number of carbonyl (C=O) groups is 2. The van der Waals surface area contributed by atoms with Crippen molar-refractivity contribution >= 4 is 22.7 Å². The Labute approximate surface area is 189 Å². The number of benzene rings is 2. The second-order valence-electron chi connectivity index (χ2n) is 8.37. The maximum absolute atomic E-state index is 12.9. The monoisotopic (exact) mass is 446 g/mol. The van der Waals surface area contributed by atoms with Crippen molar-refractivity contribution in [3.05, 3.63) is 88.2 Å². The number of fused-ring (bicyclic) bond motifs is 2. The number of esters is 1. The first-order chi connectivity index (χ1) is 16.0. The van der Waals surface area contributed by atoms with E-state index >= 15 is 0 Å². The Morgan fingerprint density at radius 2 is 1.88 bits per heavy atom. The van der Waals surface area contributed by atoms with Crippen molar-refractivity contribution in [1.29, 1.82) is 0 Å². The SMILES string of the molecule is Cc1cccc(OC2=COC3CC(OC(=O)c4cc5ccccc5oc4=O)CCC3C2=O)c1. The Kier molecular flexibility index (Phi) is 5.46. The first-order valence-corrected chi connectivity index (χ1v) is 10.9. The molecular weight excluding hydrogens is 424 g/mol. The lowest BCUT2D eigenvalue weighted by molar-refractivity contribution is -0.132. The lowest BCUT2D eigenvalue weighted by Crippen LogP contribution is -2.43. The zero-order valence-electron chi connectivity index (χ0n) is 18.0. The third kappa shape index (κ3) is 4.26. The zero-order valence-corrected chi connectivity index (χ0v) is 18.0. The highest BCUT2D eigenvalue weighted by atomic mass is 16.6. The number of ether oxygens (including phenoxy) is 3. The lowest BCUT2D eigenvalue weighted by atomic mass is 9.80. The van der Waals surface area contributed by atoms with Gasteiger partial charge < -0.3 is 18.6 Å². The molecule has 3 atom stereocenters. The summed E-state index contributed by atoms with van der Waals surface area (Å²) in [6.45, 7) is 1.95. The van der Waals surface area contributed by atoms with Crippen molar-refractivity contribution in [3.63, 3.8) is 0 Å². The van der Waals surface area contributed by atoms with E-state index in [1.807, 2.05) is 25.1 Å². The van der Waals surface area contributed by atoms with Crippen LogP contribution in [0.15, 0.2) is 75.8 Å². The molecule has 3 aromatic rings. The minimum absolute atomic E-state index is 0.118. The summed E-state index contributed by atoms with van der Waals surface area (Å²) in [5, 5.41) is 0.639. The van der Waals surface area contributed by atoms with Crippen LogP contribution in [-0.2, 0) is 14.3 Å². The Hall–Kier alpha value is -3.87. The number of Topliss-reactive ketones (excluding diaryl/α,β-unsaturated/α-hetero) is 1. The predicted molar refractivity (Wildman–Crippen MR) is 119 cm³/mol. The number of hydrogen-bond donors (Lipinski definition) is 0. The average Bonchev–Trinajstić information content (AvgIpc) is 2.80. The molecule has 0 amide bonds. The summed E-state index contributed by atoms with van der Waals surface area (Å²) in [6, 6.07) is 15.9. The van der Waals surface area contributed by atoms with Crippen LogP contribution < -0.4 is 10.4 Å². The number of carbonyl (C=O) groups excluding carboxylic acids is 2. The van der Waals surface area contributed by atoms with Gasteiger partial charge in [-0.15, -0.1) is 0 Å². The number of hydrogen-bond acceptors (Lipinski definition) is 7. The summed E-state index contributed by atoms with van der Waals surface area (Å²) in [6.07, 6.45) is 1.79. The minimum atomic E-state index is -0.739. The van der Waals surface area contributed by atoms with Crippen molar-refractivity contribution in [2.75, 3.05) is 0 Å². The van der Waals surface area contributed by atoms with E-state index in [-0.39, 0.29) is 23.0 Å². The van der Waals surface area contributed by atoms with Gasteiger partial charge in [-0.05, 0) is 49.6 Å². The van der Waals surface area contributed by atoms with Crippen LogP contribution >= 0.6 is 0 Å². The maximum Gasteiger partial charge on any atom is 0.351 e. The van der Waals surface area contributed by atoms with E-state index < -0.39 is 23.8 Å². The van der Waals surface area contributed by atoms with E-state index in [4.69, 9.17) is 18.6 Å². The normalized spacial score (nSPS) is 22.2. The molecule has 1 aromatic heterocycles. The van der Waals surface area contributed by atoms with Gasteiger partial charge in [-0.1, -0.05) is 30.3 Å². The topological polar surface area (TPSA) is 92.0 Å². The molecule has 5 rings (SSSR count). The van der Waals surface area contributed by atoms with Gasteiger partial charge in [0.15, 0.2) is 0 Å². The quantitative estimate of drug-likeness (QED) is 0.435. The fraction of sp³-hybridized carbons (Fsp3) is 0.269. The van der Waals surface area contributed by atoms with Crippen LogP contribution in [0.2, 0.25) is 0 Å².